The lowest BCUT2D eigenvalue weighted by Crippen LogP contribution is -2.43. The highest BCUT2D eigenvalue weighted by Gasteiger charge is 2.22. The summed E-state index contributed by atoms with van der Waals surface area (Å²) in [5.41, 5.74) is 5.28. The Balaban J connectivity index is 0.000000249. The molecule has 0 radical (unpaired) electrons. The normalized spacial score (nSPS) is 17.4. The van der Waals surface area contributed by atoms with Crippen molar-refractivity contribution in [3.8, 4) is 0 Å². The van der Waals surface area contributed by atoms with E-state index in [0.29, 0.717) is 6.04 Å². The number of nitrogens with one attached hydrogen (secondary N) is 1. The van der Waals surface area contributed by atoms with Crippen molar-refractivity contribution in [1.82, 2.24) is 15.1 Å². The molecule has 4 nitrogen and oxygen atoms in total. The summed E-state index contributed by atoms with van der Waals surface area (Å²) in [6.07, 6.45) is 6.30. The van der Waals surface area contributed by atoms with Gasteiger partial charge in [-0.15, -0.1) is 0 Å². The van der Waals surface area contributed by atoms with E-state index < -0.39 is 0 Å². The highest BCUT2D eigenvalue weighted by atomic mass is 15.3. The first-order valence-corrected chi connectivity index (χ1v) is 11.2. The number of benzene rings is 2. The summed E-state index contributed by atoms with van der Waals surface area (Å²) in [4.78, 5) is 2.49. The average molecular weight is 391 g/mol. The minimum Gasteiger partial charge on any atom is -0.369 e. The van der Waals surface area contributed by atoms with Gasteiger partial charge in [0.2, 0.25) is 0 Å². The van der Waals surface area contributed by atoms with E-state index in [-0.39, 0.29) is 0 Å². The fourth-order valence-electron chi connectivity index (χ4n) is 4.53. The first-order valence-electron chi connectivity index (χ1n) is 11.2. The highest BCUT2D eigenvalue weighted by molar-refractivity contribution is 5.85. The van der Waals surface area contributed by atoms with Crippen LogP contribution in [0, 0.1) is 6.92 Å². The second-order valence-corrected chi connectivity index (χ2v) is 8.28. The van der Waals surface area contributed by atoms with Crippen LogP contribution in [0.25, 0.3) is 10.9 Å². The van der Waals surface area contributed by atoms with Crippen LogP contribution < -0.4 is 10.2 Å². The molecule has 29 heavy (non-hydrogen) atoms. The SMILES string of the molecule is CCc1nn(C2CCCC2)c2cc(N3CCNCC3)ccc12.Cc1ccccc1. The summed E-state index contributed by atoms with van der Waals surface area (Å²) in [6.45, 7) is 8.67. The van der Waals surface area contributed by atoms with Gasteiger partial charge in [0.05, 0.1) is 17.3 Å². The molecule has 2 fully saturated rings. The molecule has 2 aliphatic rings. The number of rotatable bonds is 3. The van der Waals surface area contributed by atoms with E-state index in [1.165, 1.54) is 53.5 Å². The lowest BCUT2D eigenvalue weighted by Gasteiger charge is -2.29. The molecule has 1 saturated carbocycles. The Kier molecular flexibility index (Phi) is 6.50. The summed E-state index contributed by atoms with van der Waals surface area (Å²) in [5.74, 6) is 0. The van der Waals surface area contributed by atoms with Gasteiger partial charge in [0.15, 0.2) is 0 Å². The van der Waals surface area contributed by atoms with Gasteiger partial charge in [-0.2, -0.15) is 5.10 Å². The molecule has 0 bridgehead atoms. The lowest BCUT2D eigenvalue weighted by molar-refractivity contribution is 0.477. The minimum absolute atomic E-state index is 0.612. The van der Waals surface area contributed by atoms with Crippen LogP contribution in [0.1, 0.15) is 49.9 Å². The van der Waals surface area contributed by atoms with Crippen molar-refractivity contribution in [2.75, 3.05) is 31.1 Å². The second-order valence-electron chi connectivity index (χ2n) is 8.28. The Morgan fingerprint density at radius 3 is 2.34 bits per heavy atom. The van der Waals surface area contributed by atoms with Crippen LogP contribution in [0.3, 0.4) is 0 Å². The summed E-state index contributed by atoms with van der Waals surface area (Å²) in [6, 6.07) is 17.8. The maximum absolute atomic E-state index is 4.96. The van der Waals surface area contributed by atoms with Gasteiger partial charge in [0.1, 0.15) is 0 Å². The molecule has 1 N–H and O–H groups in total. The Hall–Kier alpha value is -2.33. The first kappa shape index (κ1) is 20.0. The van der Waals surface area contributed by atoms with Gasteiger partial charge < -0.3 is 10.2 Å². The van der Waals surface area contributed by atoms with E-state index in [9.17, 15) is 0 Å². The van der Waals surface area contributed by atoms with Crippen LogP contribution in [0.15, 0.2) is 48.5 Å². The Morgan fingerprint density at radius 1 is 1.00 bits per heavy atom. The van der Waals surface area contributed by atoms with Crippen molar-refractivity contribution in [1.29, 1.82) is 0 Å². The smallest absolute Gasteiger partial charge is 0.0709 e. The number of fused-ring (bicyclic) bond motifs is 1. The molecule has 0 spiro atoms. The molecule has 154 valence electrons. The molecular weight excluding hydrogens is 356 g/mol. The van der Waals surface area contributed by atoms with Gasteiger partial charge in [-0.05, 0) is 44.4 Å². The van der Waals surface area contributed by atoms with Crippen LogP contribution in [-0.2, 0) is 6.42 Å². The van der Waals surface area contributed by atoms with Gasteiger partial charge >= 0.3 is 0 Å². The predicted molar refractivity (Wildman–Crippen MR) is 123 cm³/mol. The van der Waals surface area contributed by atoms with E-state index in [2.05, 4.69) is 59.1 Å². The van der Waals surface area contributed by atoms with Crippen LogP contribution in [-0.4, -0.2) is 36.0 Å². The molecule has 1 aliphatic heterocycles. The quantitative estimate of drug-likeness (QED) is 0.674. The van der Waals surface area contributed by atoms with Crippen LogP contribution in [0.4, 0.5) is 5.69 Å². The molecule has 1 saturated heterocycles. The average Bonchev–Trinajstić information content (AvgIpc) is 3.42. The maximum atomic E-state index is 4.96. The Bertz CT molecular complexity index is 903. The zero-order valence-corrected chi connectivity index (χ0v) is 17.9. The largest absolute Gasteiger partial charge is 0.369 e. The van der Waals surface area contributed by atoms with Gasteiger partial charge in [-0.25, -0.2) is 0 Å². The third-order valence-electron chi connectivity index (χ3n) is 6.20. The number of hydrogen-bond donors (Lipinski definition) is 1. The maximum Gasteiger partial charge on any atom is 0.0709 e. The van der Waals surface area contributed by atoms with Crippen molar-refractivity contribution in [2.24, 2.45) is 0 Å². The molecular formula is C25H34N4. The van der Waals surface area contributed by atoms with Crippen molar-refractivity contribution in [2.45, 2.75) is 52.0 Å². The number of hydrogen-bond acceptors (Lipinski definition) is 3. The van der Waals surface area contributed by atoms with Crippen molar-refractivity contribution < 1.29 is 0 Å². The summed E-state index contributed by atoms with van der Waals surface area (Å²) in [7, 11) is 0. The zero-order chi connectivity index (χ0) is 20.1. The van der Waals surface area contributed by atoms with E-state index in [1.807, 2.05) is 18.2 Å². The Labute approximate surface area is 174 Å². The topological polar surface area (TPSA) is 33.1 Å². The van der Waals surface area contributed by atoms with E-state index in [0.717, 1.165) is 32.6 Å². The van der Waals surface area contributed by atoms with Crippen molar-refractivity contribution in [3.05, 3.63) is 59.8 Å². The third kappa shape index (κ3) is 4.64. The molecule has 2 heterocycles. The molecule has 1 aliphatic carbocycles. The number of aromatic nitrogens is 2. The van der Waals surface area contributed by atoms with Gasteiger partial charge in [0, 0.05) is 37.3 Å². The predicted octanol–water partition coefficient (Wildman–Crippen LogP) is 5.12. The van der Waals surface area contributed by atoms with Crippen LogP contribution in [0.2, 0.25) is 0 Å². The fraction of sp³-hybridized carbons (Fsp3) is 0.480. The Morgan fingerprint density at radius 2 is 1.72 bits per heavy atom. The summed E-state index contributed by atoms with van der Waals surface area (Å²) < 4.78 is 2.34. The standard InChI is InChI=1S/C18H26N4.C7H8/c1-2-17-16-8-7-15(21-11-9-19-10-12-21)13-18(16)22(20-17)14-5-3-4-6-14;1-7-5-3-2-4-6-7/h7-8,13-14,19H,2-6,9-12H2,1H3;2-6H,1H3. The number of nitrogens with zero attached hydrogens (tertiary/aromatic N) is 3. The van der Waals surface area contributed by atoms with Crippen molar-refractivity contribution in [3.63, 3.8) is 0 Å². The van der Waals surface area contributed by atoms with Crippen molar-refractivity contribution >= 4 is 16.6 Å². The van der Waals surface area contributed by atoms with Gasteiger partial charge in [0.25, 0.3) is 0 Å². The van der Waals surface area contributed by atoms with E-state index >= 15 is 0 Å². The van der Waals surface area contributed by atoms with Gasteiger partial charge in [-0.1, -0.05) is 55.7 Å². The molecule has 3 aromatic rings. The molecule has 2 aromatic carbocycles. The number of anilines is 1. The second kappa shape index (κ2) is 9.45. The van der Waals surface area contributed by atoms with Crippen LogP contribution >= 0.6 is 0 Å². The molecule has 4 heteroatoms. The zero-order valence-electron chi connectivity index (χ0n) is 17.9. The molecule has 5 rings (SSSR count). The summed E-state index contributed by atoms with van der Waals surface area (Å²) in [5, 5.41) is 9.75. The number of piperazine rings is 1. The molecule has 1 aromatic heterocycles. The number of aryl methyl sites for hydroxylation is 2. The third-order valence-corrected chi connectivity index (χ3v) is 6.20. The van der Waals surface area contributed by atoms with E-state index in [1.54, 1.807) is 0 Å². The fourth-order valence-corrected chi connectivity index (χ4v) is 4.53. The summed E-state index contributed by atoms with van der Waals surface area (Å²) >= 11 is 0. The van der Waals surface area contributed by atoms with E-state index in [4.69, 9.17) is 5.10 Å². The molecule has 0 unspecified atom stereocenters. The molecule has 0 amide bonds. The van der Waals surface area contributed by atoms with Crippen LogP contribution in [0.5, 0.6) is 0 Å². The molecule has 0 atom stereocenters. The van der Waals surface area contributed by atoms with Gasteiger partial charge in [-0.3, -0.25) is 4.68 Å². The lowest BCUT2D eigenvalue weighted by atomic mass is 10.1. The monoisotopic (exact) mass is 390 g/mol. The minimum atomic E-state index is 0.612. The highest BCUT2D eigenvalue weighted by Crippen LogP contribution is 2.34. The first-order chi connectivity index (χ1) is 14.3.